The lowest BCUT2D eigenvalue weighted by Gasteiger charge is -2.42. The van der Waals surface area contributed by atoms with E-state index in [4.69, 9.17) is 14.2 Å². The number of carbonyl (C=O) groups is 4. The van der Waals surface area contributed by atoms with Crippen molar-refractivity contribution < 1.29 is 47.3 Å². The van der Waals surface area contributed by atoms with E-state index < -0.39 is 42.3 Å². The number of hydrogen-bond acceptors (Lipinski definition) is 9. The van der Waals surface area contributed by atoms with Crippen LogP contribution < -0.4 is 0 Å². The largest absolute Gasteiger partial charge is 0.467 e. The second-order valence-corrected chi connectivity index (χ2v) is 5.09. The normalized spacial score (nSPS) is 29.2. The van der Waals surface area contributed by atoms with Crippen molar-refractivity contribution in [2.45, 2.75) is 32.4 Å². The Morgan fingerprint density at radius 1 is 1.00 bits per heavy atom. The zero-order chi connectivity index (χ0) is 18.1. The molecule has 0 N–H and O–H groups in total. The van der Waals surface area contributed by atoms with Gasteiger partial charge in [0, 0.05) is 25.7 Å². The van der Waals surface area contributed by atoms with Crippen molar-refractivity contribution >= 4 is 24.9 Å². The average Bonchev–Trinajstić information content (AvgIpc) is 2.52. The van der Waals surface area contributed by atoms with E-state index in [1.807, 2.05) is 0 Å². The summed E-state index contributed by atoms with van der Waals surface area (Å²) in [6.07, 6.45) is -4.32. The molecule has 1 aliphatic rings. The molecule has 1 rings (SSSR count). The monoisotopic (exact) mass is 349 g/mol. The van der Waals surface area contributed by atoms with Crippen LogP contribution in [0.25, 0.3) is 0 Å². The van der Waals surface area contributed by atoms with Crippen molar-refractivity contribution in [3.63, 3.8) is 0 Å². The molecular formula is C14H19FO9. The summed E-state index contributed by atoms with van der Waals surface area (Å²) in [5, 5.41) is 0. The Kier molecular flexibility index (Phi) is 8.10. The topological polar surface area (TPSA) is 114 Å². The third kappa shape index (κ3) is 5.76. The van der Waals surface area contributed by atoms with Crippen LogP contribution in [0.15, 0.2) is 0 Å². The van der Waals surface area contributed by atoms with Gasteiger partial charge < -0.3 is 23.7 Å². The molecule has 0 aromatic carbocycles. The van der Waals surface area contributed by atoms with Gasteiger partial charge in [-0.3, -0.25) is 19.2 Å². The maximum absolute atomic E-state index is 14.6. The molecule has 0 aromatic heterocycles. The molecular weight excluding hydrogens is 330 g/mol. The minimum Gasteiger partial charge on any atom is -0.467 e. The van der Waals surface area contributed by atoms with Crippen LogP contribution in [0, 0.1) is 11.8 Å². The number of rotatable bonds is 9. The Morgan fingerprint density at radius 2 is 1.58 bits per heavy atom. The third-order valence-corrected chi connectivity index (χ3v) is 3.45. The molecule has 5 atom stereocenters. The van der Waals surface area contributed by atoms with Crippen LogP contribution in [-0.4, -0.2) is 63.3 Å². The van der Waals surface area contributed by atoms with Crippen molar-refractivity contribution in [1.82, 2.24) is 0 Å². The first-order valence-corrected chi connectivity index (χ1v) is 7.11. The summed E-state index contributed by atoms with van der Waals surface area (Å²) in [5.41, 5.74) is 0. The van der Waals surface area contributed by atoms with E-state index in [9.17, 15) is 23.6 Å². The zero-order valence-corrected chi connectivity index (χ0v) is 13.2. The Balaban J connectivity index is 2.98. The lowest BCUT2D eigenvalue weighted by molar-refractivity contribution is -0.264. The summed E-state index contributed by atoms with van der Waals surface area (Å²) in [4.78, 5) is 42.9. The minimum absolute atomic E-state index is 0.141. The highest BCUT2D eigenvalue weighted by Gasteiger charge is 2.48. The molecule has 0 amide bonds. The molecule has 24 heavy (non-hydrogen) atoms. The highest BCUT2D eigenvalue weighted by Crippen LogP contribution is 2.34. The highest BCUT2D eigenvalue weighted by molar-refractivity contribution is 5.66. The molecule has 1 heterocycles. The van der Waals surface area contributed by atoms with E-state index in [1.54, 1.807) is 0 Å². The van der Waals surface area contributed by atoms with Gasteiger partial charge in [0.15, 0.2) is 6.17 Å². The molecule has 0 bridgehead atoms. The molecule has 0 radical (unpaired) electrons. The van der Waals surface area contributed by atoms with Gasteiger partial charge in [-0.05, 0) is 0 Å². The third-order valence-electron chi connectivity index (χ3n) is 3.45. The molecule has 1 saturated heterocycles. The smallest absolute Gasteiger partial charge is 0.305 e. The fourth-order valence-corrected chi connectivity index (χ4v) is 2.43. The summed E-state index contributed by atoms with van der Waals surface area (Å²) in [5.74, 6) is -3.14. The molecule has 0 saturated carbocycles. The summed E-state index contributed by atoms with van der Waals surface area (Å²) in [7, 11) is 0. The summed E-state index contributed by atoms with van der Waals surface area (Å²) >= 11 is 0. The molecule has 10 heteroatoms. The lowest BCUT2D eigenvalue weighted by atomic mass is 9.82. The molecule has 0 aliphatic carbocycles. The van der Waals surface area contributed by atoms with Crippen LogP contribution in [0.4, 0.5) is 4.39 Å². The van der Waals surface area contributed by atoms with E-state index in [0.717, 1.165) is 6.92 Å². The fraction of sp³-hybridized carbons (Fsp3) is 0.714. The number of carbonyl (C=O) groups excluding carboxylic acids is 4. The summed E-state index contributed by atoms with van der Waals surface area (Å²) in [6, 6.07) is 0. The van der Waals surface area contributed by atoms with Gasteiger partial charge in [0.25, 0.3) is 12.9 Å². The van der Waals surface area contributed by atoms with Gasteiger partial charge in [0.05, 0.1) is 13.2 Å². The van der Waals surface area contributed by atoms with Gasteiger partial charge in [0.1, 0.15) is 12.7 Å². The van der Waals surface area contributed by atoms with E-state index in [2.05, 4.69) is 9.47 Å². The van der Waals surface area contributed by atoms with Crippen molar-refractivity contribution in [2.75, 3.05) is 19.8 Å². The Hall–Kier alpha value is -2.23. The molecule has 136 valence electrons. The van der Waals surface area contributed by atoms with Crippen LogP contribution >= 0.6 is 0 Å². The van der Waals surface area contributed by atoms with Gasteiger partial charge in [-0.1, -0.05) is 0 Å². The molecule has 0 aromatic rings. The SMILES string of the molecule is CC(=O)OCC1O[C@@H](OC(C)=O)C([18F])[C@@H](COC=O)[C@@H]1COC=O. The van der Waals surface area contributed by atoms with Gasteiger partial charge in [0.2, 0.25) is 6.29 Å². The van der Waals surface area contributed by atoms with E-state index in [0.29, 0.717) is 0 Å². The van der Waals surface area contributed by atoms with Crippen LogP contribution in [0.1, 0.15) is 13.8 Å². The summed E-state index contributed by atoms with van der Waals surface area (Å²) < 4.78 is 38.8. The Morgan fingerprint density at radius 3 is 2.08 bits per heavy atom. The second kappa shape index (κ2) is 9.81. The van der Waals surface area contributed by atoms with E-state index >= 15 is 0 Å². The Bertz CT molecular complexity index is 444. The average molecular weight is 349 g/mol. The highest BCUT2D eigenvalue weighted by atomic mass is 18.2. The van der Waals surface area contributed by atoms with Crippen LogP contribution in [0.2, 0.25) is 0 Å². The minimum atomic E-state index is -1.83. The molecule has 9 nitrogen and oxygen atoms in total. The predicted molar refractivity (Wildman–Crippen MR) is 73.0 cm³/mol. The predicted octanol–water partition coefficient (Wildman–Crippen LogP) is -0.246. The van der Waals surface area contributed by atoms with Gasteiger partial charge >= 0.3 is 11.9 Å². The molecule has 2 unspecified atom stereocenters. The molecule has 1 fully saturated rings. The van der Waals surface area contributed by atoms with Crippen LogP contribution in [-0.2, 0) is 42.9 Å². The fourth-order valence-electron chi connectivity index (χ4n) is 2.43. The number of ether oxygens (including phenoxy) is 5. The number of halogens is 1. The first kappa shape index (κ1) is 19.8. The van der Waals surface area contributed by atoms with Crippen LogP contribution in [0.5, 0.6) is 0 Å². The number of hydrogen-bond donors (Lipinski definition) is 0. The van der Waals surface area contributed by atoms with Gasteiger partial charge in [-0.15, -0.1) is 0 Å². The zero-order valence-electron chi connectivity index (χ0n) is 13.2. The van der Waals surface area contributed by atoms with Gasteiger partial charge in [-0.2, -0.15) is 0 Å². The number of alkyl halides is 1. The Labute approximate surface area is 137 Å². The van der Waals surface area contributed by atoms with E-state index in [1.165, 1.54) is 6.92 Å². The van der Waals surface area contributed by atoms with Crippen molar-refractivity contribution in [3.8, 4) is 0 Å². The van der Waals surface area contributed by atoms with Crippen LogP contribution in [0.3, 0.4) is 0 Å². The van der Waals surface area contributed by atoms with Crippen molar-refractivity contribution in [1.29, 1.82) is 0 Å². The quantitative estimate of drug-likeness (QED) is 0.316. The lowest BCUT2D eigenvalue weighted by Crippen LogP contribution is -2.55. The van der Waals surface area contributed by atoms with Crippen molar-refractivity contribution in [3.05, 3.63) is 0 Å². The summed E-state index contributed by atoms with van der Waals surface area (Å²) in [6.45, 7) is 1.69. The maximum atomic E-state index is 14.6. The molecule has 1 aliphatic heterocycles. The number of esters is 2. The first-order chi connectivity index (χ1) is 11.4. The maximum Gasteiger partial charge on any atom is 0.305 e. The van der Waals surface area contributed by atoms with Crippen molar-refractivity contribution in [2.24, 2.45) is 11.8 Å². The first-order valence-electron chi connectivity index (χ1n) is 7.11. The second-order valence-electron chi connectivity index (χ2n) is 5.09. The molecule has 0 spiro atoms. The standard InChI is InChI=1S/C14H19FO9/c1-8(18)22-5-12-10(3-20-6-16)11(4-21-7-17)13(15)14(24-12)23-9(2)19/h6-7,10-14H,3-5H2,1-2H3/t10-,11-,12?,13?,14+/m0/s1/i15-1. The van der Waals surface area contributed by atoms with E-state index in [-0.39, 0.29) is 32.8 Å². The van der Waals surface area contributed by atoms with Gasteiger partial charge in [-0.25, -0.2) is 4.39 Å².